The molecule has 182 valence electrons. The van der Waals surface area contributed by atoms with Gasteiger partial charge in [-0.15, -0.1) is 0 Å². The number of halogens is 1. The van der Waals surface area contributed by atoms with E-state index < -0.39 is 11.8 Å². The molecule has 0 aliphatic rings. The van der Waals surface area contributed by atoms with Crippen LogP contribution in [0.1, 0.15) is 37.0 Å². The molecular weight excluding hydrogens is 504 g/mol. The molecule has 0 unspecified atom stereocenters. The molecule has 2 aromatic rings. The zero-order chi connectivity index (χ0) is 25.3. The molecule has 0 saturated heterocycles. The lowest BCUT2D eigenvalue weighted by molar-refractivity contribution is -0.139. The Morgan fingerprint density at radius 3 is 2.50 bits per heavy atom. The highest BCUT2D eigenvalue weighted by Crippen LogP contribution is 2.36. The first kappa shape index (κ1) is 26.8. The number of carbonyl (C=O) groups excluding carboxylic acids is 3. The number of methoxy groups -OCH3 is 1. The molecule has 2 rings (SSSR count). The summed E-state index contributed by atoms with van der Waals surface area (Å²) in [5.41, 5.74) is 5.65. The summed E-state index contributed by atoms with van der Waals surface area (Å²) in [5.74, 6) is -1.24. The lowest BCUT2D eigenvalue weighted by atomic mass is 10.1. The van der Waals surface area contributed by atoms with Gasteiger partial charge in [0.05, 0.1) is 17.8 Å². The standard InChI is InChI=1S/C24H29BrN4O5/c1-6-16(4)27-23(31)24(32)29-26-12-17-10-19(25)22(20(11-17)33-5)34-13-21(30)28-18-8-7-14(2)15(3)9-18/h7-12,16H,6,13H2,1-5H3,(H,27,31)(H,28,30)(H,29,32)/b26-12-/t16-/m1/s1. The number of ether oxygens (including phenoxy) is 2. The third-order valence-corrected chi connectivity index (χ3v) is 5.55. The van der Waals surface area contributed by atoms with Crippen molar-refractivity contribution < 1.29 is 23.9 Å². The van der Waals surface area contributed by atoms with Crippen LogP contribution in [0.4, 0.5) is 5.69 Å². The summed E-state index contributed by atoms with van der Waals surface area (Å²) in [4.78, 5) is 35.9. The highest BCUT2D eigenvalue weighted by atomic mass is 79.9. The van der Waals surface area contributed by atoms with Gasteiger partial charge < -0.3 is 20.1 Å². The second kappa shape index (κ2) is 12.7. The summed E-state index contributed by atoms with van der Waals surface area (Å²) in [6.45, 7) is 7.45. The maximum atomic E-state index is 12.3. The van der Waals surface area contributed by atoms with E-state index in [0.717, 1.165) is 11.1 Å². The Balaban J connectivity index is 2.00. The summed E-state index contributed by atoms with van der Waals surface area (Å²) < 4.78 is 11.6. The van der Waals surface area contributed by atoms with Crippen molar-refractivity contribution in [1.29, 1.82) is 0 Å². The fourth-order valence-electron chi connectivity index (χ4n) is 2.72. The smallest absolute Gasteiger partial charge is 0.329 e. The van der Waals surface area contributed by atoms with Gasteiger partial charge in [0.15, 0.2) is 18.1 Å². The van der Waals surface area contributed by atoms with Gasteiger partial charge in [-0.1, -0.05) is 13.0 Å². The first-order chi connectivity index (χ1) is 16.1. The van der Waals surface area contributed by atoms with Crippen LogP contribution >= 0.6 is 15.9 Å². The molecule has 9 nitrogen and oxygen atoms in total. The monoisotopic (exact) mass is 532 g/mol. The molecule has 0 aromatic heterocycles. The van der Waals surface area contributed by atoms with Gasteiger partial charge in [-0.2, -0.15) is 5.10 Å². The van der Waals surface area contributed by atoms with Gasteiger partial charge in [0.1, 0.15) is 0 Å². The van der Waals surface area contributed by atoms with E-state index in [4.69, 9.17) is 9.47 Å². The van der Waals surface area contributed by atoms with Gasteiger partial charge in [0.2, 0.25) is 0 Å². The number of nitrogens with one attached hydrogen (secondary N) is 3. The summed E-state index contributed by atoms with van der Waals surface area (Å²) >= 11 is 3.40. The highest BCUT2D eigenvalue weighted by molar-refractivity contribution is 9.10. The van der Waals surface area contributed by atoms with E-state index >= 15 is 0 Å². The summed E-state index contributed by atoms with van der Waals surface area (Å²) in [5, 5.41) is 9.16. The summed E-state index contributed by atoms with van der Waals surface area (Å²) in [7, 11) is 1.46. The number of hydrogen-bond acceptors (Lipinski definition) is 6. The van der Waals surface area contributed by atoms with Crippen molar-refractivity contribution in [2.45, 2.75) is 40.2 Å². The molecule has 0 bridgehead atoms. The van der Waals surface area contributed by atoms with E-state index in [1.54, 1.807) is 19.1 Å². The number of anilines is 1. The normalized spacial score (nSPS) is 11.6. The lowest BCUT2D eigenvalue weighted by Gasteiger charge is -2.14. The number of amides is 3. The van der Waals surface area contributed by atoms with Gasteiger partial charge >= 0.3 is 11.8 Å². The average Bonchev–Trinajstić information content (AvgIpc) is 2.80. The Hall–Kier alpha value is -3.40. The second-order valence-corrected chi connectivity index (χ2v) is 8.51. The largest absolute Gasteiger partial charge is 0.493 e. The molecule has 34 heavy (non-hydrogen) atoms. The minimum atomic E-state index is -0.864. The van der Waals surface area contributed by atoms with Crippen molar-refractivity contribution in [2.75, 3.05) is 19.0 Å². The Morgan fingerprint density at radius 2 is 1.85 bits per heavy atom. The highest BCUT2D eigenvalue weighted by Gasteiger charge is 2.15. The first-order valence-electron chi connectivity index (χ1n) is 10.7. The molecule has 0 radical (unpaired) electrons. The fourth-order valence-corrected chi connectivity index (χ4v) is 3.29. The SMILES string of the molecule is CC[C@@H](C)NC(=O)C(=O)N/N=C\c1cc(Br)c(OCC(=O)Nc2ccc(C)c(C)c2)c(OC)c1. The number of carbonyl (C=O) groups is 3. The Labute approximate surface area is 207 Å². The van der Waals surface area contributed by atoms with Crippen LogP contribution in [0, 0.1) is 13.8 Å². The van der Waals surface area contributed by atoms with Crippen LogP contribution in [0.2, 0.25) is 0 Å². The van der Waals surface area contributed by atoms with E-state index in [1.165, 1.54) is 13.3 Å². The van der Waals surface area contributed by atoms with Gasteiger partial charge in [-0.25, -0.2) is 5.43 Å². The molecule has 0 aliphatic heterocycles. The van der Waals surface area contributed by atoms with E-state index in [0.29, 0.717) is 33.6 Å². The molecule has 2 aromatic carbocycles. The summed E-state index contributed by atoms with van der Waals surface area (Å²) in [6, 6.07) is 8.84. The third kappa shape index (κ3) is 7.87. The van der Waals surface area contributed by atoms with E-state index in [2.05, 4.69) is 37.1 Å². The molecule has 1 atom stereocenters. The first-order valence-corrected chi connectivity index (χ1v) is 11.4. The average molecular weight is 533 g/mol. The quantitative estimate of drug-likeness (QED) is 0.259. The number of aryl methyl sites for hydroxylation is 2. The van der Waals surface area contributed by atoms with Crippen molar-refractivity contribution in [1.82, 2.24) is 10.7 Å². The van der Waals surface area contributed by atoms with Crippen molar-refractivity contribution in [3.8, 4) is 11.5 Å². The zero-order valence-electron chi connectivity index (χ0n) is 19.8. The van der Waals surface area contributed by atoms with Crippen LogP contribution in [0.25, 0.3) is 0 Å². The minimum absolute atomic E-state index is 0.113. The fraction of sp³-hybridized carbons (Fsp3) is 0.333. The van der Waals surface area contributed by atoms with Gasteiger partial charge in [0.25, 0.3) is 5.91 Å². The molecule has 3 N–H and O–H groups in total. The van der Waals surface area contributed by atoms with Crippen molar-refractivity contribution >= 4 is 45.6 Å². The second-order valence-electron chi connectivity index (χ2n) is 7.65. The van der Waals surface area contributed by atoms with Crippen LogP contribution in [0.3, 0.4) is 0 Å². The minimum Gasteiger partial charge on any atom is -0.493 e. The Morgan fingerprint density at radius 1 is 1.12 bits per heavy atom. The van der Waals surface area contributed by atoms with Crippen LogP contribution in [0.15, 0.2) is 39.9 Å². The van der Waals surface area contributed by atoms with Crippen LogP contribution < -0.4 is 25.5 Å². The Kier molecular flexibility index (Phi) is 10.1. The number of nitrogens with zero attached hydrogens (tertiary/aromatic N) is 1. The molecular formula is C24H29BrN4O5. The zero-order valence-corrected chi connectivity index (χ0v) is 21.4. The maximum absolute atomic E-state index is 12.3. The van der Waals surface area contributed by atoms with Crippen LogP contribution in [0.5, 0.6) is 11.5 Å². The van der Waals surface area contributed by atoms with Crippen molar-refractivity contribution in [3.05, 3.63) is 51.5 Å². The molecule has 3 amide bonds. The van der Waals surface area contributed by atoms with Gasteiger partial charge in [-0.3, -0.25) is 14.4 Å². The summed E-state index contributed by atoms with van der Waals surface area (Å²) in [6.07, 6.45) is 2.07. The maximum Gasteiger partial charge on any atom is 0.329 e. The lowest BCUT2D eigenvalue weighted by Crippen LogP contribution is -2.41. The van der Waals surface area contributed by atoms with E-state index in [1.807, 2.05) is 39.0 Å². The third-order valence-electron chi connectivity index (χ3n) is 4.97. The predicted octanol–water partition coefficient (Wildman–Crippen LogP) is 3.46. The molecule has 0 spiro atoms. The number of hydrogen-bond donors (Lipinski definition) is 3. The van der Waals surface area contributed by atoms with Crippen molar-refractivity contribution in [2.24, 2.45) is 5.10 Å². The van der Waals surface area contributed by atoms with Crippen LogP contribution in [-0.2, 0) is 14.4 Å². The van der Waals surface area contributed by atoms with E-state index in [-0.39, 0.29) is 18.6 Å². The molecule has 0 heterocycles. The Bertz CT molecular complexity index is 1090. The number of rotatable bonds is 9. The molecule has 0 aliphatic carbocycles. The van der Waals surface area contributed by atoms with E-state index in [9.17, 15) is 14.4 Å². The molecule has 0 fully saturated rings. The van der Waals surface area contributed by atoms with Gasteiger partial charge in [0, 0.05) is 11.7 Å². The van der Waals surface area contributed by atoms with Crippen LogP contribution in [-0.4, -0.2) is 43.7 Å². The topological polar surface area (TPSA) is 118 Å². The number of hydrazone groups is 1. The van der Waals surface area contributed by atoms with Gasteiger partial charge in [-0.05, 0) is 84.1 Å². The predicted molar refractivity (Wildman–Crippen MR) is 134 cm³/mol. The number of benzene rings is 2. The molecule has 0 saturated carbocycles. The van der Waals surface area contributed by atoms with Crippen molar-refractivity contribution in [3.63, 3.8) is 0 Å². The molecule has 10 heteroatoms.